The van der Waals surface area contributed by atoms with E-state index >= 15 is 0 Å². The number of aliphatic carboxylic acids is 1. The summed E-state index contributed by atoms with van der Waals surface area (Å²) in [4.78, 5) is 59.8. The molecule has 180 valence electrons. The summed E-state index contributed by atoms with van der Waals surface area (Å²) in [5, 5.41) is 35.5. The molecule has 35 heavy (non-hydrogen) atoms. The maximum atomic E-state index is 13.2. The van der Waals surface area contributed by atoms with Gasteiger partial charge in [-0.3, -0.25) is 34.7 Å². The molecule has 12 nitrogen and oxygen atoms in total. The number of nitro benzene ring substituents is 2. The Morgan fingerprint density at radius 3 is 2.63 bits per heavy atom. The summed E-state index contributed by atoms with van der Waals surface area (Å²) in [5.41, 5.74) is -0.976. The summed E-state index contributed by atoms with van der Waals surface area (Å²) in [7, 11) is 0. The molecule has 1 aromatic heterocycles. The number of hydrogen-bond donors (Lipinski definition) is 2. The Balaban J connectivity index is 1.57. The second-order valence-electron chi connectivity index (χ2n) is 7.42. The molecule has 0 bridgehead atoms. The van der Waals surface area contributed by atoms with E-state index in [0.717, 1.165) is 17.0 Å². The van der Waals surface area contributed by atoms with Crippen molar-refractivity contribution in [3.63, 3.8) is 0 Å². The fraction of sp³-hybridized carbons (Fsp3) is 0.190. The number of benzene rings is 1. The zero-order valence-corrected chi connectivity index (χ0v) is 19.2. The molecule has 2 aliphatic rings. The fourth-order valence-electron chi connectivity index (χ4n) is 3.71. The number of carboxylic acids is 1. The maximum absolute atomic E-state index is 13.2. The standard InChI is InChI=1S/C21H16N4O8S2/c26-18(22-17-19(27)23-14(21(28)29)7-9-35-20(17)23)13(16-2-1-8-34-16)6-4-11-3-5-12(24(30)31)10-15(11)25(32)33/h1-8,10,13,17,20H,9H2,(H,22,26)(H,28,29)/b6-4-/t13-,17+,20+/m0/s1. The molecule has 2 N–H and O–H groups in total. The molecular formula is C21H16N4O8S2. The SMILES string of the molecule is O=C(O)C1=CCS[C@@H]2[C@H](NC(=O)[C@@H](/C=C\c3ccc([N+](=O)[O-])cc3[N+](=O)[O-])c3cccs3)C(=O)N12. The Labute approximate surface area is 205 Å². The lowest BCUT2D eigenvalue weighted by molar-refractivity contribution is -0.394. The van der Waals surface area contributed by atoms with Gasteiger partial charge >= 0.3 is 5.97 Å². The Bertz CT molecular complexity index is 1290. The number of carboxylic acid groups (broad SMARTS) is 1. The first-order valence-corrected chi connectivity index (χ1v) is 11.9. The normalized spacial score (nSPS) is 19.9. The highest BCUT2D eigenvalue weighted by Gasteiger charge is 2.53. The number of nitrogens with zero attached hydrogens (tertiary/aromatic N) is 3. The molecule has 3 atom stereocenters. The van der Waals surface area contributed by atoms with E-state index in [-0.39, 0.29) is 11.3 Å². The van der Waals surface area contributed by atoms with E-state index < -0.39 is 56.3 Å². The molecule has 0 radical (unpaired) electrons. The van der Waals surface area contributed by atoms with Crippen LogP contribution < -0.4 is 5.32 Å². The van der Waals surface area contributed by atoms with Gasteiger partial charge in [-0.25, -0.2) is 4.79 Å². The predicted octanol–water partition coefficient (Wildman–Crippen LogP) is 2.73. The third kappa shape index (κ3) is 4.65. The number of hydrogen-bond acceptors (Lipinski definition) is 9. The largest absolute Gasteiger partial charge is 0.477 e. The lowest BCUT2D eigenvalue weighted by Crippen LogP contribution is -2.70. The van der Waals surface area contributed by atoms with Crippen LogP contribution in [0.15, 0.2) is 53.6 Å². The van der Waals surface area contributed by atoms with Crippen molar-refractivity contribution in [1.29, 1.82) is 0 Å². The van der Waals surface area contributed by atoms with Crippen LogP contribution in [-0.4, -0.2) is 54.8 Å². The minimum atomic E-state index is -1.22. The maximum Gasteiger partial charge on any atom is 0.352 e. The number of carbonyl (C=O) groups excluding carboxylic acids is 2. The van der Waals surface area contributed by atoms with Gasteiger partial charge < -0.3 is 10.4 Å². The highest BCUT2D eigenvalue weighted by molar-refractivity contribution is 8.00. The van der Waals surface area contributed by atoms with Crippen molar-refractivity contribution in [2.45, 2.75) is 17.3 Å². The van der Waals surface area contributed by atoms with Gasteiger partial charge in [-0.2, -0.15) is 0 Å². The lowest BCUT2D eigenvalue weighted by atomic mass is 10.0. The highest BCUT2D eigenvalue weighted by Crippen LogP contribution is 2.38. The summed E-state index contributed by atoms with van der Waals surface area (Å²) in [6.45, 7) is 0. The van der Waals surface area contributed by atoms with Crippen molar-refractivity contribution in [2.75, 3.05) is 5.75 Å². The topological polar surface area (TPSA) is 173 Å². The van der Waals surface area contributed by atoms with Gasteiger partial charge in [-0.05, 0) is 23.6 Å². The first-order valence-electron chi connectivity index (χ1n) is 10.0. The monoisotopic (exact) mass is 516 g/mol. The molecule has 1 fully saturated rings. The molecule has 0 unspecified atom stereocenters. The summed E-state index contributed by atoms with van der Waals surface area (Å²) >= 11 is 2.59. The van der Waals surface area contributed by atoms with Crippen LogP contribution in [0.2, 0.25) is 0 Å². The number of fused-ring (bicyclic) bond motifs is 1. The third-order valence-corrected chi connectivity index (χ3v) is 7.52. The first kappa shape index (κ1) is 24.1. The Morgan fingerprint density at radius 1 is 1.23 bits per heavy atom. The van der Waals surface area contributed by atoms with Crippen molar-refractivity contribution in [3.05, 3.63) is 84.2 Å². The predicted molar refractivity (Wildman–Crippen MR) is 127 cm³/mol. The fourth-order valence-corrected chi connectivity index (χ4v) is 5.70. The van der Waals surface area contributed by atoms with Gasteiger partial charge in [-0.15, -0.1) is 23.1 Å². The lowest BCUT2D eigenvalue weighted by Gasteiger charge is -2.48. The van der Waals surface area contributed by atoms with E-state index in [1.807, 2.05) is 0 Å². The summed E-state index contributed by atoms with van der Waals surface area (Å²) in [6, 6.07) is 5.69. The summed E-state index contributed by atoms with van der Waals surface area (Å²) in [5.74, 6) is -2.84. The van der Waals surface area contributed by atoms with E-state index in [9.17, 15) is 39.7 Å². The number of β-lactam (4-membered cyclic amide) rings is 1. The van der Waals surface area contributed by atoms with Crippen molar-refractivity contribution in [3.8, 4) is 0 Å². The van der Waals surface area contributed by atoms with Crippen molar-refractivity contribution in [2.24, 2.45) is 0 Å². The number of thioether (sulfide) groups is 1. The highest BCUT2D eigenvalue weighted by atomic mass is 32.2. The van der Waals surface area contributed by atoms with Crippen molar-refractivity contribution >= 4 is 58.3 Å². The molecular weight excluding hydrogens is 500 g/mol. The molecule has 14 heteroatoms. The number of thiophene rings is 1. The first-order chi connectivity index (χ1) is 16.7. The van der Waals surface area contributed by atoms with Gasteiger partial charge in [0.2, 0.25) is 5.91 Å². The van der Waals surface area contributed by atoms with Gasteiger partial charge in [0.25, 0.3) is 17.3 Å². The van der Waals surface area contributed by atoms with E-state index in [1.54, 1.807) is 17.5 Å². The molecule has 1 aromatic carbocycles. The second kappa shape index (κ2) is 9.68. The van der Waals surface area contributed by atoms with Crippen molar-refractivity contribution < 1.29 is 29.3 Å². The number of non-ortho nitro benzene ring substituents is 1. The van der Waals surface area contributed by atoms with E-state index in [4.69, 9.17) is 0 Å². The molecule has 0 spiro atoms. The number of rotatable bonds is 8. The molecule has 3 heterocycles. The Hall–Kier alpha value is -4.04. The van der Waals surface area contributed by atoms with E-state index in [2.05, 4.69) is 5.32 Å². The summed E-state index contributed by atoms with van der Waals surface area (Å²) in [6.07, 6.45) is 4.20. The number of amides is 2. The van der Waals surface area contributed by atoms with E-state index in [1.165, 1.54) is 47.4 Å². The molecule has 2 aliphatic heterocycles. The average Bonchev–Trinajstić information content (AvgIpc) is 3.36. The quantitative estimate of drug-likeness (QED) is 0.304. The van der Waals surface area contributed by atoms with Crippen molar-refractivity contribution in [1.82, 2.24) is 10.2 Å². The van der Waals surface area contributed by atoms with Crippen LogP contribution in [0.3, 0.4) is 0 Å². The minimum Gasteiger partial charge on any atom is -0.477 e. The van der Waals surface area contributed by atoms with Crippen LogP contribution in [0.5, 0.6) is 0 Å². The molecule has 0 saturated carbocycles. The van der Waals surface area contributed by atoms with Gasteiger partial charge in [0.05, 0.1) is 27.4 Å². The van der Waals surface area contributed by atoms with Crippen LogP contribution in [0.1, 0.15) is 16.4 Å². The average molecular weight is 517 g/mol. The van der Waals surface area contributed by atoms with Crippen LogP contribution in [0.4, 0.5) is 11.4 Å². The summed E-state index contributed by atoms with van der Waals surface area (Å²) < 4.78 is 0. The zero-order chi connectivity index (χ0) is 25.3. The third-order valence-electron chi connectivity index (χ3n) is 5.39. The molecule has 0 aliphatic carbocycles. The van der Waals surface area contributed by atoms with E-state index in [0.29, 0.717) is 10.6 Å². The van der Waals surface area contributed by atoms with Gasteiger partial charge in [0.1, 0.15) is 17.1 Å². The number of nitrogens with one attached hydrogen (secondary N) is 1. The number of carbonyl (C=O) groups is 3. The Morgan fingerprint density at radius 2 is 2.00 bits per heavy atom. The molecule has 2 aromatic rings. The minimum absolute atomic E-state index is 0.0694. The molecule has 2 amide bonds. The van der Waals surface area contributed by atoms with Gasteiger partial charge in [-0.1, -0.05) is 18.2 Å². The smallest absolute Gasteiger partial charge is 0.352 e. The zero-order valence-electron chi connectivity index (χ0n) is 17.6. The Kier molecular flexibility index (Phi) is 6.66. The molecule has 4 rings (SSSR count). The van der Waals surface area contributed by atoms with Gasteiger partial charge in [0, 0.05) is 16.7 Å². The second-order valence-corrected chi connectivity index (χ2v) is 9.55. The van der Waals surface area contributed by atoms with Crippen LogP contribution in [0, 0.1) is 20.2 Å². The number of nitro groups is 2. The van der Waals surface area contributed by atoms with Gasteiger partial charge in [0.15, 0.2) is 0 Å². The van der Waals surface area contributed by atoms with Crippen LogP contribution in [-0.2, 0) is 14.4 Å². The molecule has 1 saturated heterocycles. The van der Waals surface area contributed by atoms with Crippen LogP contribution >= 0.6 is 23.1 Å². The van der Waals surface area contributed by atoms with Crippen LogP contribution in [0.25, 0.3) is 6.08 Å².